The van der Waals surface area contributed by atoms with Crippen LogP contribution in [0.25, 0.3) is 0 Å². The Morgan fingerprint density at radius 3 is 2.50 bits per heavy atom. The summed E-state index contributed by atoms with van der Waals surface area (Å²) in [6.07, 6.45) is 6.39. The average Bonchev–Trinajstić information content (AvgIpc) is 2.40. The largest absolute Gasteiger partial charge is 0.494 e. The number of ether oxygens (including phenoxy) is 1. The first-order chi connectivity index (χ1) is 9.51. The molecule has 1 aromatic rings. The van der Waals surface area contributed by atoms with Gasteiger partial charge in [-0.25, -0.2) is 0 Å². The molecule has 2 heteroatoms. The molecule has 0 aromatic heterocycles. The summed E-state index contributed by atoms with van der Waals surface area (Å²) >= 11 is 0. The van der Waals surface area contributed by atoms with Gasteiger partial charge in [0.1, 0.15) is 5.75 Å². The molecule has 0 aliphatic carbocycles. The van der Waals surface area contributed by atoms with Crippen LogP contribution in [0.15, 0.2) is 24.3 Å². The van der Waals surface area contributed by atoms with Gasteiger partial charge in [0.05, 0.1) is 6.61 Å². The molecular weight excluding hydrogens is 246 g/mol. The molecule has 0 bridgehead atoms. The number of rotatable bonds is 9. The van der Waals surface area contributed by atoms with E-state index in [1.54, 1.807) is 0 Å². The Morgan fingerprint density at radius 2 is 1.80 bits per heavy atom. The molecule has 1 aromatic carbocycles. The number of anilines is 1. The Bertz CT molecular complexity index is 368. The number of nitrogens with one attached hydrogen (secondary N) is 1. The third-order valence-electron chi connectivity index (χ3n) is 3.17. The van der Waals surface area contributed by atoms with Gasteiger partial charge in [-0.1, -0.05) is 59.4 Å². The van der Waals surface area contributed by atoms with Crippen molar-refractivity contribution in [2.75, 3.05) is 18.5 Å². The lowest BCUT2D eigenvalue weighted by atomic mass is 9.97. The SMILES string of the molecule is CCCCCCCOc1cccc(NCC(C)(C)C)c1. The van der Waals surface area contributed by atoms with Gasteiger partial charge < -0.3 is 10.1 Å². The van der Waals surface area contributed by atoms with Crippen molar-refractivity contribution in [1.29, 1.82) is 0 Å². The number of unbranched alkanes of at least 4 members (excludes halogenated alkanes) is 4. The Hall–Kier alpha value is -1.18. The van der Waals surface area contributed by atoms with Gasteiger partial charge in [0.15, 0.2) is 0 Å². The Morgan fingerprint density at radius 1 is 1.05 bits per heavy atom. The summed E-state index contributed by atoms with van der Waals surface area (Å²) in [5.74, 6) is 0.972. The quantitative estimate of drug-likeness (QED) is 0.602. The summed E-state index contributed by atoms with van der Waals surface area (Å²) in [7, 11) is 0. The Kier molecular flexibility index (Phi) is 7.50. The maximum absolute atomic E-state index is 5.82. The lowest BCUT2D eigenvalue weighted by Gasteiger charge is -2.20. The summed E-state index contributed by atoms with van der Waals surface area (Å²) in [6, 6.07) is 8.28. The molecule has 0 heterocycles. The highest BCUT2D eigenvalue weighted by Gasteiger charge is 2.09. The number of benzene rings is 1. The molecule has 114 valence electrons. The number of hydrogen-bond donors (Lipinski definition) is 1. The zero-order valence-corrected chi connectivity index (χ0v) is 13.7. The standard InChI is InChI=1S/C18H31NO/c1-5-6-7-8-9-13-20-17-12-10-11-16(14-17)19-15-18(2,3)4/h10-12,14,19H,5-9,13,15H2,1-4H3. The van der Waals surface area contributed by atoms with Crippen molar-refractivity contribution in [2.45, 2.75) is 59.8 Å². The molecule has 0 saturated carbocycles. The van der Waals surface area contributed by atoms with E-state index >= 15 is 0 Å². The van der Waals surface area contributed by atoms with E-state index in [0.717, 1.165) is 31.0 Å². The summed E-state index contributed by atoms with van der Waals surface area (Å²) < 4.78 is 5.82. The minimum absolute atomic E-state index is 0.288. The number of hydrogen-bond acceptors (Lipinski definition) is 2. The van der Waals surface area contributed by atoms with Crippen LogP contribution in [0.4, 0.5) is 5.69 Å². The van der Waals surface area contributed by atoms with Gasteiger partial charge in [-0.2, -0.15) is 0 Å². The summed E-state index contributed by atoms with van der Waals surface area (Å²) in [4.78, 5) is 0. The fourth-order valence-corrected chi connectivity index (χ4v) is 1.96. The van der Waals surface area contributed by atoms with Crippen molar-refractivity contribution in [3.63, 3.8) is 0 Å². The van der Waals surface area contributed by atoms with E-state index in [-0.39, 0.29) is 5.41 Å². The molecular formula is C18H31NO. The molecule has 20 heavy (non-hydrogen) atoms. The van der Waals surface area contributed by atoms with Crippen LogP contribution in [-0.2, 0) is 0 Å². The molecule has 0 aliphatic rings. The minimum Gasteiger partial charge on any atom is -0.494 e. The third-order valence-corrected chi connectivity index (χ3v) is 3.17. The van der Waals surface area contributed by atoms with Crippen molar-refractivity contribution in [3.8, 4) is 5.75 Å². The molecule has 0 radical (unpaired) electrons. The summed E-state index contributed by atoms with van der Waals surface area (Å²) in [6.45, 7) is 10.7. The van der Waals surface area contributed by atoms with E-state index < -0.39 is 0 Å². The summed E-state index contributed by atoms with van der Waals surface area (Å²) in [5.41, 5.74) is 1.43. The van der Waals surface area contributed by atoms with E-state index in [1.807, 2.05) is 6.07 Å². The summed E-state index contributed by atoms with van der Waals surface area (Å²) in [5, 5.41) is 3.46. The van der Waals surface area contributed by atoms with Crippen molar-refractivity contribution in [2.24, 2.45) is 5.41 Å². The minimum atomic E-state index is 0.288. The zero-order chi connectivity index (χ0) is 14.8. The van der Waals surface area contributed by atoms with Crippen LogP contribution in [0.3, 0.4) is 0 Å². The predicted molar refractivity (Wildman–Crippen MR) is 88.6 cm³/mol. The first kappa shape index (κ1) is 16.9. The predicted octanol–water partition coefficient (Wildman–Crippen LogP) is 5.49. The van der Waals surface area contributed by atoms with Crippen LogP contribution in [0.2, 0.25) is 0 Å². The van der Waals surface area contributed by atoms with Crippen molar-refractivity contribution in [1.82, 2.24) is 0 Å². The van der Waals surface area contributed by atoms with Gasteiger partial charge in [0.2, 0.25) is 0 Å². The van der Waals surface area contributed by atoms with Gasteiger partial charge in [0.25, 0.3) is 0 Å². The van der Waals surface area contributed by atoms with E-state index in [9.17, 15) is 0 Å². The molecule has 1 N–H and O–H groups in total. The zero-order valence-electron chi connectivity index (χ0n) is 13.7. The van der Waals surface area contributed by atoms with Crippen molar-refractivity contribution < 1.29 is 4.74 Å². The van der Waals surface area contributed by atoms with E-state index in [1.165, 1.54) is 25.7 Å². The van der Waals surface area contributed by atoms with Gasteiger partial charge in [0, 0.05) is 18.3 Å². The molecule has 1 rings (SSSR count). The van der Waals surface area contributed by atoms with Crippen LogP contribution in [-0.4, -0.2) is 13.2 Å². The smallest absolute Gasteiger partial charge is 0.121 e. The Labute approximate surface area is 124 Å². The maximum Gasteiger partial charge on any atom is 0.121 e. The fourth-order valence-electron chi connectivity index (χ4n) is 1.96. The normalized spacial score (nSPS) is 11.4. The van der Waals surface area contributed by atoms with Crippen LogP contribution in [0.5, 0.6) is 5.75 Å². The van der Waals surface area contributed by atoms with Gasteiger partial charge in [-0.15, -0.1) is 0 Å². The lowest BCUT2D eigenvalue weighted by Crippen LogP contribution is -2.18. The second-order valence-corrected chi connectivity index (χ2v) is 6.70. The van der Waals surface area contributed by atoms with E-state index in [0.29, 0.717) is 0 Å². The van der Waals surface area contributed by atoms with Gasteiger partial charge in [-0.3, -0.25) is 0 Å². The fraction of sp³-hybridized carbons (Fsp3) is 0.667. The van der Waals surface area contributed by atoms with E-state index in [4.69, 9.17) is 4.74 Å². The van der Waals surface area contributed by atoms with Crippen molar-refractivity contribution in [3.05, 3.63) is 24.3 Å². The van der Waals surface area contributed by atoms with Crippen LogP contribution >= 0.6 is 0 Å². The third kappa shape index (κ3) is 8.08. The molecule has 0 saturated heterocycles. The van der Waals surface area contributed by atoms with Crippen LogP contribution in [0.1, 0.15) is 59.8 Å². The highest BCUT2D eigenvalue weighted by molar-refractivity contribution is 5.48. The molecule has 0 amide bonds. The second-order valence-electron chi connectivity index (χ2n) is 6.70. The maximum atomic E-state index is 5.82. The molecule has 2 nitrogen and oxygen atoms in total. The highest BCUT2D eigenvalue weighted by Crippen LogP contribution is 2.20. The topological polar surface area (TPSA) is 21.3 Å². The molecule has 0 fully saturated rings. The average molecular weight is 277 g/mol. The van der Waals surface area contributed by atoms with Gasteiger partial charge >= 0.3 is 0 Å². The monoisotopic (exact) mass is 277 g/mol. The molecule has 0 unspecified atom stereocenters. The lowest BCUT2D eigenvalue weighted by molar-refractivity contribution is 0.304. The second kappa shape index (κ2) is 8.89. The highest BCUT2D eigenvalue weighted by atomic mass is 16.5. The van der Waals surface area contributed by atoms with Crippen LogP contribution in [0, 0.1) is 5.41 Å². The first-order valence-electron chi connectivity index (χ1n) is 7.98. The van der Waals surface area contributed by atoms with Gasteiger partial charge in [-0.05, 0) is 24.0 Å². The molecule has 0 spiro atoms. The first-order valence-corrected chi connectivity index (χ1v) is 7.98. The molecule has 0 aliphatic heterocycles. The molecule has 0 atom stereocenters. The van der Waals surface area contributed by atoms with Crippen molar-refractivity contribution >= 4 is 5.69 Å². The van der Waals surface area contributed by atoms with E-state index in [2.05, 4.69) is 51.2 Å². The Balaban J connectivity index is 2.29. The van der Waals surface area contributed by atoms with Crippen LogP contribution < -0.4 is 10.1 Å².